The molecule has 0 unspecified atom stereocenters. The van der Waals surface area contributed by atoms with Crippen LogP contribution in [0, 0.1) is 5.82 Å². The van der Waals surface area contributed by atoms with Crippen LogP contribution >= 0.6 is 11.3 Å². The van der Waals surface area contributed by atoms with Crippen molar-refractivity contribution in [2.75, 3.05) is 5.32 Å². The SMILES string of the molecule is CC(C)c1csc(NC(=O)c2ccc(F)cc2O)n1. The van der Waals surface area contributed by atoms with Crippen LogP contribution < -0.4 is 5.32 Å². The first-order chi connectivity index (χ1) is 8.97. The van der Waals surface area contributed by atoms with Crippen molar-refractivity contribution in [1.29, 1.82) is 0 Å². The lowest BCUT2D eigenvalue weighted by Gasteiger charge is -2.04. The molecule has 4 nitrogen and oxygen atoms in total. The van der Waals surface area contributed by atoms with Gasteiger partial charge in [0.25, 0.3) is 5.91 Å². The number of benzene rings is 1. The van der Waals surface area contributed by atoms with E-state index in [-0.39, 0.29) is 11.5 Å². The molecule has 1 amide bonds. The lowest BCUT2D eigenvalue weighted by molar-refractivity contribution is 0.102. The third-order valence-corrected chi connectivity index (χ3v) is 3.31. The number of amides is 1. The van der Waals surface area contributed by atoms with Gasteiger partial charge < -0.3 is 5.11 Å². The van der Waals surface area contributed by atoms with Gasteiger partial charge in [-0.05, 0) is 18.1 Å². The van der Waals surface area contributed by atoms with E-state index in [2.05, 4.69) is 10.3 Å². The average molecular weight is 280 g/mol. The molecule has 2 aromatic rings. The molecule has 19 heavy (non-hydrogen) atoms. The molecule has 6 heteroatoms. The molecule has 1 aromatic carbocycles. The molecule has 0 aliphatic rings. The summed E-state index contributed by atoms with van der Waals surface area (Å²) in [6, 6.07) is 3.25. The van der Waals surface area contributed by atoms with Crippen molar-refractivity contribution >= 4 is 22.4 Å². The second-order valence-corrected chi connectivity index (χ2v) is 5.21. The summed E-state index contributed by atoms with van der Waals surface area (Å²) in [6.07, 6.45) is 0. The lowest BCUT2D eigenvalue weighted by Crippen LogP contribution is -2.12. The fraction of sp³-hybridized carbons (Fsp3) is 0.231. The highest BCUT2D eigenvalue weighted by atomic mass is 32.1. The van der Waals surface area contributed by atoms with E-state index in [9.17, 15) is 14.3 Å². The molecule has 0 radical (unpaired) electrons. The molecule has 0 aliphatic heterocycles. The van der Waals surface area contributed by atoms with Gasteiger partial charge in [0.15, 0.2) is 5.13 Å². The summed E-state index contributed by atoms with van der Waals surface area (Å²) in [5.74, 6) is -1.22. The monoisotopic (exact) mass is 280 g/mol. The van der Waals surface area contributed by atoms with Crippen molar-refractivity contribution in [2.24, 2.45) is 0 Å². The van der Waals surface area contributed by atoms with Gasteiger partial charge in [-0.25, -0.2) is 9.37 Å². The molecule has 0 atom stereocenters. The van der Waals surface area contributed by atoms with Crippen molar-refractivity contribution < 1.29 is 14.3 Å². The number of halogens is 1. The molecule has 0 spiro atoms. The zero-order valence-electron chi connectivity index (χ0n) is 10.5. The van der Waals surface area contributed by atoms with Crippen molar-refractivity contribution in [3.8, 4) is 5.75 Å². The summed E-state index contributed by atoms with van der Waals surface area (Å²) in [5, 5.41) is 14.4. The van der Waals surface area contributed by atoms with Crippen molar-refractivity contribution in [3.05, 3.63) is 40.7 Å². The zero-order valence-corrected chi connectivity index (χ0v) is 11.3. The fourth-order valence-electron chi connectivity index (χ4n) is 1.47. The van der Waals surface area contributed by atoms with Gasteiger partial charge in [0.2, 0.25) is 0 Å². The van der Waals surface area contributed by atoms with Crippen LogP contribution in [0.3, 0.4) is 0 Å². The first-order valence-corrected chi connectivity index (χ1v) is 6.60. The summed E-state index contributed by atoms with van der Waals surface area (Å²) < 4.78 is 12.8. The number of rotatable bonds is 3. The number of phenolic OH excluding ortho intramolecular Hbond substituents is 1. The van der Waals surface area contributed by atoms with E-state index in [1.165, 1.54) is 17.4 Å². The first kappa shape index (κ1) is 13.5. The summed E-state index contributed by atoms with van der Waals surface area (Å²) in [4.78, 5) is 16.2. The second-order valence-electron chi connectivity index (χ2n) is 4.35. The van der Waals surface area contributed by atoms with E-state index in [0.717, 1.165) is 17.8 Å². The summed E-state index contributed by atoms with van der Waals surface area (Å²) in [6.45, 7) is 4.01. The van der Waals surface area contributed by atoms with Gasteiger partial charge in [0.05, 0.1) is 11.3 Å². The molecular formula is C13H13FN2O2S. The molecule has 0 saturated carbocycles. The third-order valence-electron chi connectivity index (χ3n) is 2.54. The lowest BCUT2D eigenvalue weighted by atomic mass is 10.2. The number of aromatic hydroxyl groups is 1. The predicted molar refractivity (Wildman–Crippen MR) is 72.2 cm³/mol. The van der Waals surface area contributed by atoms with Gasteiger partial charge in [-0.1, -0.05) is 13.8 Å². The quantitative estimate of drug-likeness (QED) is 0.906. The number of carbonyl (C=O) groups is 1. The van der Waals surface area contributed by atoms with Gasteiger partial charge in [-0.15, -0.1) is 11.3 Å². The largest absolute Gasteiger partial charge is 0.507 e. The van der Waals surface area contributed by atoms with Gasteiger partial charge in [-0.3, -0.25) is 10.1 Å². The van der Waals surface area contributed by atoms with Crippen LogP contribution in [-0.4, -0.2) is 16.0 Å². The predicted octanol–water partition coefficient (Wildman–Crippen LogP) is 3.36. The number of hydrogen-bond donors (Lipinski definition) is 2. The van der Waals surface area contributed by atoms with E-state index in [4.69, 9.17) is 0 Å². The van der Waals surface area contributed by atoms with Crippen LogP contribution in [-0.2, 0) is 0 Å². The molecule has 0 saturated heterocycles. The molecule has 1 heterocycles. The normalized spacial score (nSPS) is 10.7. The van der Waals surface area contributed by atoms with E-state index in [1.807, 2.05) is 19.2 Å². The Morgan fingerprint density at radius 2 is 2.21 bits per heavy atom. The van der Waals surface area contributed by atoms with Crippen LogP contribution in [0.15, 0.2) is 23.6 Å². The molecule has 0 aliphatic carbocycles. The standard InChI is InChI=1S/C13H13FN2O2S/c1-7(2)10-6-19-13(15-10)16-12(18)9-4-3-8(14)5-11(9)17/h3-7,17H,1-2H3,(H,15,16,18). The van der Waals surface area contributed by atoms with Crippen molar-refractivity contribution in [1.82, 2.24) is 4.98 Å². The van der Waals surface area contributed by atoms with Gasteiger partial charge >= 0.3 is 0 Å². The maximum atomic E-state index is 12.8. The van der Waals surface area contributed by atoms with Gasteiger partial charge in [-0.2, -0.15) is 0 Å². The van der Waals surface area contributed by atoms with Crippen LogP contribution in [0.1, 0.15) is 35.8 Å². The maximum Gasteiger partial charge on any atom is 0.261 e. The van der Waals surface area contributed by atoms with Gasteiger partial charge in [0, 0.05) is 11.4 Å². The van der Waals surface area contributed by atoms with Crippen LogP contribution in [0.25, 0.3) is 0 Å². The highest BCUT2D eigenvalue weighted by Gasteiger charge is 2.14. The molecular weight excluding hydrogens is 267 g/mol. The second kappa shape index (κ2) is 5.36. The molecule has 2 rings (SSSR count). The Bertz CT molecular complexity index is 610. The summed E-state index contributed by atoms with van der Waals surface area (Å²) >= 11 is 1.31. The van der Waals surface area contributed by atoms with E-state index >= 15 is 0 Å². The third kappa shape index (κ3) is 3.08. The number of hydrogen-bond acceptors (Lipinski definition) is 4. The Morgan fingerprint density at radius 1 is 1.47 bits per heavy atom. The Hall–Kier alpha value is -1.95. The number of phenols is 1. The molecule has 1 aromatic heterocycles. The summed E-state index contributed by atoms with van der Waals surface area (Å²) in [5.41, 5.74) is 0.909. The minimum Gasteiger partial charge on any atom is -0.507 e. The number of thiazole rings is 1. The Morgan fingerprint density at radius 3 is 2.79 bits per heavy atom. The first-order valence-electron chi connectivity index (χ1n) is 5.72. The smallest absolute Gasteiger partial charge is 0.261 e. The Labute approximate surface area is 113 Å². The van der Waals surface area contributed by atoms with E-state index in [1.54, 1.807) is 0 Å². The van der Waals surface area contributed by atoms with Crippen molar-refractivity contribution in [2.45, 2.75) is 19.8 Å². The van der Waals surface area contributed by atoms with Crippen LogP contribution in [0.2, 0.25) is 0 Å². The fourth-order valence-corrected chi connectivity index (χ4v) is 2.34. The zero-order chi connectivity index (χ0) is 14.0. The highest BCUT2D eigenvalue weighted by Crippen LogP contribution is 2.24. The number of aromatic nitrogens is 1. The molecule has 100 valence electrons. The Balaban J connectivity index is 2.16. The van der Waals surface area contributed by atoms with E-state index < -0.39 is 17.5 Å². The van der Waals surface area contributed by atoms with Crippen molar-refractivity contribution in [3.63, 3.8) is 0 Å². The minimum absolute atomic E-state index is 0.0164. The van der Waals surface area contributed by atoms with Gasteiger partial charge in [0.1, 0.15) is 11.6 Å². The Kier molecular flexibility index (Phi) is 3.80. The average Bonchev–Trinajstić information content (AvgIpc) is 2.77. The van der Waals surface area contributed by atoms with Crippen LogP contribution in [0.5, 0.6) is 5.75 Å². The number of nitrogens with zero attached hydrogens (tertiary/aromatic N) is 1. The molecule has 2 N–H and O–H groups in total. The number of nitrogens with one attached hydrogen (secondary N) is 1. The molecule has 0 fully saturated rings. The minimum atomic E-state index is -0.592. The van der Waals surface area contributed by atoms with E-state index in [0.29, 0.717) is 5.13 Å². The highest BCUT2D eigenvalue weighted by molar-refractivity contribution is 7.14. The summed E-state index contributed by atoms with van der Waals surface area (Å²) in [7, 11) is 0. The topological polar surface area (TPSA) is 62.2 Å². The molecule has 0 bridgehead atoms. The number of anilines is 1. The van der Waals surface area contributed by atoms with Crippen LogP contribution in [0.4, 0.5) is 9.52 Å². The maximum absolute atomic E-state index is 12.8. The number of carbonyl (C=O) groups excluding carboxylic acids is 1.